The molecule has 0 radical (unpaired) electrons. The highest BCUT2D eigenvalue weighted by molar-refractivity contribution is 5.85. The Bertz CT molecular complexity index is 669. The molecule has 190 valence electrons. The predicted octanol–water partition coefficient (Wildman–Crippen LogP) is 3.57. The minimum Gasteiger partial charge on any atom is -0.490 e. The van der Waals surface area contributed by atoms with Crippen molar-refractivity contribution in [3.8, 4) is 11.5 Å². The minimum absolute atomic E-state index is 0. The largest absolute Gasteiger partial charge is 0.490 e. The fraction of sp³-hybridized carbons (Fsp3) is 0.708. The first kappa shape index (κ1) is 29.8. The number of halogens is 2. The smallest absolute Gasteiger partial charge is 0.258 e. The third-order valence-corrected chi connectivity index (χ3v) is 5.90. The van der Waals surface area contributed by atoms with E-state index in [0.717, 1.165) is 70.8 Å². The molecule has 0 spiro atoms. The van der Waals surface area contributed by atoms with Gasteiger partial charge in [0, 0.05) is 25.7 Å². The third-order valence-electron chi connectivity index (χ3n) is 5.90. The maximum absolute atomic E-state index is 12.2. The van der Waals surface area contributed by atoms with Crippen molar-refractivity contribution < 1.29 is 19.0 Å². The molecule has 1 aliphatic heterocycles. The summed E-state index contributed by atoms with van der Waals surface area (Å²) in [6.07, 6.45) is 6.94. The summed E-state index contributed by atoms with van der Waals surface area (Å²) < 4.78 is 16.9. The lowest BCUT2D eigenvalue weighted by atomic mass is 9.95. The van der Waals surface area contributed by atoms with Gasteiger partial charge in [0.1, 0.15) is 0 Å². The van der Waals surface area contributed by atoms with Gasteiger partial charge in [-0.2, -0.15) is 0 Å². The summed E-state index contributed by atoms with van der Waals surface area (Å²) in [4.78, 5) is 14.7. The first-order chi connectivity index (χ1) is 15.2. The lowest BCUT2D eigenvalue weighted by molar-refractivity contribution is -0.124. The number of amides is 1. The van der Waals surface area contributed by atoms with Crippen LogP contribution in [0.5, 0.6) is 11.5 Å². The number of nitrogens with one attached hydrogen (secondary N) is 2. The van der Waals surface area contributed by atoms with Gasteiger partial charge in [0.25, 0.3) is 5.91 Å². The SMILES string of the molecule is CCOc1cc(CNCCCN2CCOCC2)ccc1OCC(=O)NC1CCCCC1.Cl.Cl. The van der Waals surface area contributed by atoms with Crippen LogP contribution in [0.15, 0.2) is 18.2 Å². The monoisotopic (exact) mass is 505 g/mol. The number of hydrogen-bond donors (Lipinski definition) is 2. The number of carbonyl (C=O) groups is 1. The Balaban J connectivity index is 0.00000272. The van der Waals surface area contributed by atoms with E-state index in [1.807, 2.05) is 25.1 Å². The van der Waals surface area contributed by atoms with Crippen LogP contribution in [-0.4, -0.2) is 69.5 Å². The molecule has 0 bridgehead atoms. The Morgan fingerprint density at radius 1 is 1.09 bits per heavy atom. The Hall–Kier alpha value is -1.25. The minimum atomic E-state index is -0.0552. The van der Waals surface area contributed by atoms with Gasteiger partial charge in [0.2, 0.25) is 0 Å². The molecule has 3 rings (SSSR count). The van der Waals surface area contributed by atoms with Gasteiger partial charge >= 0.3 is 0 Å². The Labute approximate surface area is 211 Å². The summed E-state index contributed by atoms with van der Waals surface area (Å²) in [5, 5.41) is 6.60. The molecule has 2 N–H and O–H groups in total. The summed E-state index contributed by atoms with van der Waals surface area (Å²) in [5.74, 6) is 1.26. The second-order valence-electron chi connectivity index (χ2n) is 8.39. The van der Waals surface area contributed by atoms with Crippen molar-refractivity contribution in [2.24, 2.45) is 0 Å². The molecule has 7 nitrogen and oxygen atoms in total. The molecular formula is C24H41Cl2N3O4. The normalized spacial score (nSPS) is 16.9. The van der Waals surface area contributed by atoms with Gasteiger partial charge in [-0.25, -0.2) is 0 Å². The van der Waals surface area contributed by atoms with Crippen LogP contribution in [0.25, 0.3) is 0 Å². The van der Waals surface area contributed by atoms with Gasteiger partial charge in [-0.05, 0) is 57.0 Å². The van der Waals surface area contributed by atoms with E-state index in [-0.39, 0.29) is 37.3 Å². The first-order valence-corrected chi connectivity index (χ1v) is 11.9. The number of benzene rings is 1. The molecule has 9 heteroatoms. The molecule has 0 unspecified atom stereocenters. The van der Waals surface area contributed by atoms with E-state index in [4.69, 9.17) is 14.2 Å². The van der Waals surface area contributed by atoms with E-state index >= 15 is 0 Å². The van der Waals surface area contributed by atoms with Crippen molar-refractivity contribution in [1.82, 2.24) is 15.5 Å². The molecule has 0 aromatic heterocycles. The molecule has 0 atom stereocenters. The summed E-state index contributed by atoms with van der Waals surface area (Å²) in [6.45, 7) is 9.18. The maximum atomic E-state index is 12.2. The fourth-order valence-corrected chi connectivity index (χ4v) is 4.19. The summed E-state index contributed by atoms with van der Waals surface area (Å²) >= 11 is 0. The van der Waals surface area contributed by atoms with Gasteiger partial charge < -0.3 is 24.8 Å². The highest BCUT2D eigenvalue weighted by Gasteiger charge is 2.16. The second kappa shape index (κ2) is 17.2. The van der Waals surface area contributed by atoms with Gasteiger partial charge in [0.05, 0.1) is 19.8 Å². The zero-order valence-electron chi connectivity index (χ0n) is 19.8. The highest BCUT2D eigenvalue weighted by Crippen LogP contribution is 2.28. The number of morpholine rings is 1. The number of rotatable bonds is 12. The second-order valence-corrected chi connectivity index (χ2v) is 8.39. The van der Waals surface area contributed by atoms with Crippen molar-refractivity contribution in [3.63, 3.8) is 0 Å². The third kappa shape index (κ3) is 11.1. The van der Waals surface area contributed by atoms with Crippen LogP contribution in [0.1, 0.15) is 51.0 Å². The molecule has 33 heavy (non-hydrogen) atoms. The quantitative estimate of drug-likeness (QED) is 0.423. The van der Waals surface area contributed by atoms with E-state index in [1.165, 1.54) is 19.3 Å². The molecule has 1 aliphatic carbocycles. The molecule has 2 fully saturated rings. The number of hydrogen-bond acceptors (Lipinski definition) is 6. The van der Waals surface area contributed by atoms with Crippen LogP contribution in [-0.2, 0) is 16.1 Å². The van der Waals surface area contributed by atoms with Crippen LogP contribution in [0.3, 0.4) is 0 Å². The van der Waals surface area contributed by atoms with E-state index in [9.17, 15) is 4.79 Å². The molecule has 2 aliphatic rings. The van der Waals surface area contributed by atoms with Crippen LogP contribution in [0.4, 0.5) is 0 Å². The Morgan fingerprint density at radius 2 is 1.85 bits per heavy atom. The molecular weight excluding hydrogens is 465 g/mol. The molecule has 1 saturated heterocycles. The number of ether oxygens (including phenoxy) is 3. The van der Waals surface area contributed by atoms with E-state index < -0.39 is 0 Å². The molecule has 1 amide bonds. The zero-order chi connectivity index (χ0) is 21.7. The molecule has 1 aromatic rings. The predicted molar refractivity (Wildman–Crippen MR) is 136 cm³/mol. The topological polar surface area (TPSA) is 72.1 Å². The summed E-state index contributed by atoms with van der Waals surface area (Å²) in [5.41, 5.74) is 1.15. The number of nitrogens with zero attached hydrogens (tertiary/aromatic N) is 1. The van der Waals surface area contributed by atoms with Gasteiger partial charge in [0.15, 0.2) is 18.1 Å². The van der Waals surface area contributed by atoms with Crippen molar-refractivity contribution in [1.29, 1.82) is 0 Å². The first-order valence-electron chi connectivity index (χ1n) is 11.9. The Morgan fingerprint density at radius 3 is 2.58 bits per heavy atom. The molecule has 1 aromatic carbocycles. The van der Waals surface area contributed by atoms with Gasteiger partial charge in [-0.15, -0.1) is 24.8 Å². The highest BCUT2D eigenvalue weighted by atomic mass is 35.5. The molecule has 1 saturated carbocycles. The summed E-state index contributed by atoms with van der Waals surface area (Å²) in [7, 11) is 0. The van der Waals surface area contributed by atoms with E-state index in [2.05, 4.69) is 15.5 Å². The van der Waals surface area contributed by atoms with Crippen molar-refractivity contribution in [2.45, 2.75) is 58.0 Å². The van der Waals surface area contributed by atoms with Crippen LogP contribution in [0.2, 0.25) is 0 Å². The van der Waals surface area contributed by atoms with Crippen LogP contribution < -0.4 is 20.1 Å². The lowest BCUT2D eigenvalue weighted by Crippen LogP contribution is -2.39. The van der Waals surface area contributed by atoms with Crippen molar-refractivity contribution in [2.75, 3.05) is 52.6 Å². The van der Waals surface area contributed by atoms with Crippen LogP contribution >= 0.6 is 24.8 Å². The zero-order valence-corrected chi connectivity index (χ0v) is 21.4. The van der Waals surface area contributed by atoms with E-state index in [0.29, 0.717) is 24.1 Å². The lowest BCUT2D eigenvalue weighted by Gasteiger charge is -2.26. The number of carbonyl (C=O) groups excluding carboxylic acids is 1. The average Bonchev–Trinajstić information content (AvgIpc) is 2.80. The van der Waals surface area contributed by atoms with Crippen LogP contribution in [0, 0.1) is 0 Å². The van der Waals surface area contributed by atoms with Crippen molar-refractivity contribution >= 4 is 30.7 Å². The van der Waals surface area contributed by atoms with Gasteiger partial charge in [-0.3, -0.25) is 9.69 Å². The average molecular weight is 507 g/mol. The molecule has 1 heterocycles. The Kier molecular flexibility index (Phi) is 15.5. The van der Waals surface area contributed by atoms with Gasteiger partial charge in [-0.1, -0.05) is 25.3 Å². The van der Waals surface area contributed by atoms with Crippen molar-refractivity contribution in [3.05, 3.63) is 23.8 Å². The summed E-state index contributed by atoms with van der Waals surface area (Å²) in [6, 6.07) is 6.25. The maximum Gasteiger partial charge on any atom is 0.258 e. The van der Waals surface area contributed by atoms with E-state index in [1.54, 1.807) is 0 Å². The standard InChI is InChI=1S/C24H39N3O4.2ClH/c1-2-30-23-17-20(18-25-11-6-12-27-13-15-29-16-14-27)9-10-22(23)31-19-24(28)26-21-7-4-3-5-8-21;;/h9-10,17,21,25H,2-8,11-16,18-19H2,1H3,(H,26,28);2*1H. The fourth-order valence-electron chi connectivity index (χ4n) is 4.19.